The Bertz CT molecular complexity index is 663. The zero-order chi connectivity index (χ0) is 16.1. The molecule has 22 heavy (non-hydrogen) atoms. The van der Waals surface area contributed by atoms with Crippen LogP contribution in [0, 0.1) is 0 Å². The number of amides is 1. The second-order valence-corrected chi connectivity index (χ2v) is 5.34. The second-order valence-electron chi connectivity index (χ2n) is 5.34. The van der Waals surface area contributed by atoms with Gasteiger partial charge in [0, 0.05) is 23.5 Å². The topological polar surface area (TPSA) is 102 Å². The number of H-pyrrole nitrogens is 1. The van der Waals surface area contributed by atoms with E-state index in [1.165, 1.54) is 6.92 Å². The third-order valence-corrected chi connectivity index (χ3v) is 3.59. The molecule has 0 saturated carbocycles. The van der Waals surface area contributed by atoms with Gasteiger partial charge in [0.15, 0.2) is 6.04 Å². The van der Waals surface area contributed by atoms with E-state index in [4.69, 9.17) is 5.11 Å². The minimum atomic E-state index is -1.26. The summed E-state index contributed by atoms with van der Waals surface area (Å²) < 4.78 is 0. The number of fused-ring (bicyclic) bond motifs is 1. The molecular weight excluding hydrogens is 284 g/mol. The van der Waals surface area contributed by atoms with E-state index in [1.54, 1.807) is 0 Å². The van der Waals surface area contributed by atoms with Gasteiger partial charge in [0.2, 0.25) is 5.91 Å². The molecule has 0 aliphatic rings. The molecule has 2 rings (SSSR count). The molecule has 0 fully saturated rings. The molecule has 2 aromatic rings. The molecule has 0 aliphatic carbocycles. The minimum absolute atomic E-state index is 0.218. The predicted molar refractivity (Wildman–Crippen MR) is 82.5 cm³/mol. The van der Waals surface area contributed by atoms with Crippen LogP contribution in [-0.4, -0.2) is 39.2 Å². The number of aliphatic hydroxyl groups is 1. The van der Waals surface area contributed by atoms with Crippen LogP contribution in [0.1, 0.15) is 25.3 Å². The van der Waals surface area contributed by atoms with Gasteiger partial charge in [0.1, 0.15) is 0 Å². The molecule has 2 atom stereocenters. The summed E-state index contributed by atoms with van der Waals surface area (Å²) in [6.45, 7) is 1.34. The van der Waals surface area contributed by atoms with E-state index in [2.05, 4.69) is 10.3 Å². The van der Waals surface area contributed by atoms with Crippen molar-refractivity contribution in [1.29, 1.82) is 0 Å². The summed E-state index contributed by atoms with van der Waals surface area (Å²) in [7, 11) is 0. The van der Waals surface area contributed by atoms with Crippen LogP contribution in [0.4, 0.5) is 0 Å². The molecule has 1 amide bonds. The molecule has 0 bridgehead atoms. The second kappa shape index (κ2) is 7.09. The van der Waals surface area contributed by atoms with Crippen LogP contribution in [0.25, 0.3) is 10.9 Å². The molecule has 0 spiro atoms. The van der Waals surface area contributed by atoms with Gasteiger partial charge in [-0.25, -0.2) is 4.79 Å². The third kappa shape index (κ3) is 3.85. The molecule has 1 aromatic carbocycles. The number of nitrogens with one attached hydrogen (secondary N) is 2. The number of aromatic amines is 1. The van der Waals surface area contributed by atoms with E-state index >= 15 is 0 Å². The van der Waals surface area contributed by atoms with Crippen LogP contribution in [0.5, 0.6) is 0 Å². The molecule has 6 nitrogen and oxygen atoms in total. The Labute approximate surface area is 128 Å². The molecule has 4 N–H and O–H groups in total. The molecule has 0 radical (unpaired) electrons. The smallest absolute Gasteiger partial charge is 0.328 e. The van der Waals surface area contributed by atoms with Gasteiger partial charge in [0.25, 0.3) is 0 Å². The van der Waals surface area contributed by atoms with Crippen molar-refractivity contribution in [2.45, 2.75) is 38.3 Å². The number of aliphatic hydroxyl groups excluding tert-OH is 1. The number of carboxylic acid groups (broad SMARTS) is 1. The lowest BCUT2D eigenvalue weighted by atomic mass is 10.1. The van der Waals surface area contributed by atoms with Crippen molar-refractivity contribution in [3.63, 3.8) is 0 Å². The Morgan fingerprint density at radius 3 is 2.73 bits per heavy atom. The number of carbonyl (C=O) groups is 2. The first-order valence-electron chi connectivity index (χ1n) is 7.24. The Hall–Kier alpha value is -2.34. The number of aryl methyl sites for hydroxylation is 1. The highest BCUT2D eigenvalue weighted by molar-refractivity contribution is 5.84. The Balaban J connectivity index is 1.85. The van der Waals surface area contributed by atoms with E-state index < -0.39 is 18.1 Å². The normalized spacial score (nSPS) is 13.7. The lowest BCUT2D eigenvalue weighted by Crippen LogP contribution is -2.47. The molecule has 6 heteroatoms. The third-order valence-electron chi connectivity index (χ3n) is 3.59. The van der Waals surface area contributed by atoms with Crippen molar-refractivity contribution >= 4 is 22.8 Å². The van der Waals surface area contributed by atoms with Crippen LogP contribution in [0.15, 0.2) is 30.5 Å². The number of aliphatic carboxylic acids is 1. The number of carboxylic acids is 1. The molecular formula is C16H20N2O4. The zero-order valence-electron chi connectivity index (χ0n) is 12.4. The Kier molecular flexibility index (Phi) is 5.16. The Morgan fingerprint density at radius 2 is 2.05 bits per heavy atom. The fourth-order valence-electron chi connectivity index (χ4n) is 2.41. The van der Waals surface area contributed by atoms with Crippen LogP contribution < -0.4 is 5.32 Å². The maximum atomic E-state index is 11.8. The summed E-state index contributed by atoms with van der Waals surface area (Å²) in [5.41, 5.74) is 2.19. The van der Waals surface area contributed by atoms with Crippen LogP contribution in [0.3, 0.4) is 0 Å². The predicted octanol–water partition coefficient (Wildman–Crippen LogP) is 1.44. The average molecular weight is 304 g/mol. The first-order chi connectivity index (χ1) is 10.5. The van der Waals surface area contributed by atoms with E-state index in [9.17, 15) is 14.7 Å². The highest BCUT2D eigenvalue weighted by atomic mass is 16.4. The number of para-hydroxylation sites is 1. The first kappa shape index (κ1) is 16.0. The summed E-state index contributed by atoms with van der Waals surface area (Å²) in [6.07, 6.45) is 2.35. The number of rotatable bonds is 7. The monoisotopic (exact) mass is 304 g/mol. The standard InChI is InChI=1S/C16H20N2O4/c1-10(19)15(16(21)22)18-14(20)8-4-5-11-9-17-13-7-3-2-6-12(11)13/h2-3,6-7,9-10,15,17,19H,4-5,8H2,1H3,(H,18,20)(H,21,22)/t10-,15-/m0/s1. The van der Waals surface area contributed by atoms with Gasteiger partial charge in [0.05, 0.1) is 6.10 Å². The molecule has 118 valence electrons. The van der Waals surface area contributed by atoms with Gasteiger partial charge in [-0.15, -0.1) is 0 Å². The van der Waals surface area contributed by atoms with E-state index in [0.717, 1.165) is 22.9 Å². The van der Waals surface area contributed by atoms with Crippen molar-refractivity contribution in [2.75, 3.05) is 0 Å². The van der Waals surface area contributed by atoms with Gasteiger partial charge < -0.3 is 20.5 Å². The number of hydrogen-bond acceptors (Lipinski definition) is 3. The maximum Gasteiger partial charge on any atom is 0.328 e. The van der Waals surface area contributed by atoms with Gasteiger partial charge in [-0.2, -0.15) is 0 Å². The van der Waals surface area contributed by atoms with Crippen molar-refractivity contribution in [1.82, 2.24) is 10.3 Å². The van der Waals surface area contributed by atoms with E-state index in [1.807, 2.05) is 30.5 Å². The minimum Gasteiger partial charge on any atom is -0.480 e. The first-order valence-corrected chi connectivity index (χ1v) is 7.24. The lowest BCUT2D eigenvalue weighted by Gasteiger charge is -2.16. The molecule has 0 saturated heterocycles. The Morgan fingerprint density at radius 1 is 1.32 bits per heavy atom. The van der Waals surface area contributed by atoms with Gasteiger partial charge in [-0.3, -0.25) is 4.79 Å². The van der Waals surface area contributed by atoms with Crippen LogP contribution in [-0.2, 0) is 16.0 Å². The zero-order valence-corrected chi connectivity index (χ0v) is 12.4. The van der Waals surface area contributed by atoms with Gasteiger partial charge >= 0.3 is 5.97 Å². The van der Waals surface area contributed by atoms with E-state index in [0.29, 0.717) is 6.42 Å². The molecule has 0 unspecified atom stereocenters. The fourth-order valence-corrected chi connectivity index (χ4v) is 2.41. The van der Waals surface area contributed by atoms with Crippen molar-refractivity contribution < 1.29 is 19.8 Å². The average Bonchev–Trinajstić information content (AvgIpc) is 2.88. The van der Waals surface area contributed by atoms with Gasteiger partial charge in [-0.05, 0) is 31.4 Å². The van der Waals surface area contributed by atoms with Crippen molar-refractivity contribution in [2.24, 2.45) is 0 Å². The molecule has 0 aliphatic heterocycles. The summed E-state index contributed by atoms with van der Waals surface area (Å²) >= 11 is 0. The largest absolute Gasteiger partial charge is 0.480 e. The number of aromatic nitrogens is 1. The number of benzene rings is 1. The highest BCUT2D eigenvalue weighted by Gasteiger charge is 2.24. The SMILES string of the molecule is C[C@H](O)[C@H](NC(=O)CCCc1c[nH]c2ccccc12)C(=O)O. The van der Waals surface area contributed by atoms with Crippen molar-refractivity contribution in [3.8, 4) is 0 Å². The molecule has 1 aromatic heterocycles. The van der Waals surface area contributed by atoms with Crippen LogP contribution >= 0.6 is 0 Å². The fraction of sp³-hybridized carbons (Fsp3) is 0.375. The summed E-state index contributed by atoms with van der Waals surface area (Å²) in [5, 5.41) is 21.7. The quantitative estimate of drug-likeness (QED) is 0.621. The summed E-state index contributed by atoms with van der Waals surface area (Å²) in [6, 6.07) is 6.67. The lowest BCUT2D eigenvalue weighted by molar-refractivity contribution is -0.144. The number of hydrogen-bond donors (Lipinski definition) is 4. The van der Waals surface area contributed by atoms with Crippen molar-refractivity contribution in [3.05, 3.63) is 36.0 Å². The van der Waals surface area contributed by atoms with Crippen LogP contribution in [0.2, 0.25) is 0 Å². The number of carbonyl (C=O) groups excluding carboxylic acids is 1. The summed E-state index contributed by atoms with van der Waals surface area (Å²) in [4.78, 5) is 25.8. The maximum absolute atomic E-state index is 11.8. The van der Waals surface area contributed by atoms with Gasteiger partial charge in [-0.1, -0.05) is 18.2 Å². The highest BCUT2D eigenvalue weighted by Crippen LogP contribution is 2.19. The summed E-state index contributed by atoms with van der Waals surface area (Å²) in [5.74, 6) is -1.60. The molecule has 1 heterocycles. The van der Waals surface area contributed by atoms with E-state index in [-0.39, 0.29) is 12.3 Å².